The molecule has 0 aliphatic rings. The number of ether oxygens (including phenoxy) is 1. The Morgan fingerprint density at radius 1 is 1.21 bits per heavy atom. The van der Waals surface area contributed by atoms with Crippen LogP contribution in [-0.2, 0) is 14.3 Å². The second kappa shape index (κ2) is 11.9. The maximum Gasteiger partial charge on any atom is 0.308 e. The maximum atomic E-state index is 12.4. The number of allylic oxidation sites excluding steroid dienone is 1. The summed E-state index contributed by atoms with van der Waals surface area (Å²) in [6.07, 6.45) is 6.60. The third-order valence-corrected chi connectivity index (χ3v) is 4.73. The number of carbonyl (C=O) groups excluding carboxylic acids is 2. The first-order chi connectivity index (χ1) is 11.1. The molecule has 0 saturated carbocycles. The van der Waals surface area contributed by atoms with E-state index < -0.39 is 0 Å². The van der Waals surface area contributed by atoms with Gasteiger partial charge in [-0.1, -0.05) is 69.7 Å². The summed E-state index contributed by atoms with van der Waals surface area (Å²) in [6.45, 7) is 10.4. The van der Waals surface area contributed by atoms with E-state index in [-0.39, 0.29) is 29.3 Å². The molecule has 0 aromatic rings. The van der Waals surface area contributed by atoms with Crippen LogP contribution in [0.1, 0.15) is 73.1 Å². The minimum absolute atomic E-state index is 0.0902. The molecule has 0 aromatic carbocycles. The van der Waals surface area contributed by atoms with Crippen LogP contribution in [0.3, 0.4) is 0 Å². The molecule has 0 bridgehead atoms. The molecule has 0 spiro atoms. The predicted octanol–water partition coefficient (Wildman–Crippen LogP) is 4.99. The van der Waals surface area contributed by atoms with Crippen LogP contribution in [0, 0.1) is 17.3 Å². The maximum absolute atomic E-state index is 12.4. The summed E-state index contributed by atoms with van der Waals surface area (Å²) < 4.78 is 7.82. The summed E-state index contributed by atoms with van der Waals surface area (Å²) in [7, 11) is 0. The highest BCUT2D eigenvalue weighted by Gasteiger charge is 2.31. The van der Waals surface area contributed by atoms with E-state index in [1.54, 1.807) is 0 Å². The Kier molecular flexibility index (Phi) is 11.6. The van der Waals surface area contributed by atoms with Crippen LogP contribution in [-0.4, -0.2) is 18.0 Å². The van der Waals surface area contributed by atoms with E-state index in [0.717, 1.165) is 32.1 Å². The summed E-state index contributed by atoms with van der Waals surface area (Å²) >= 11 is 2.18. The summed E-state index contributed by atoms with van der Waals surface area (Å²) in [5, 5.41) is 0. The highest BCUT2D eigenvalue weighted by Crippen LogP contribution is 2.30. The fraction of sp³-hybridized carbons (Fsp3) is 0.789. The molecule has 0 rings (SSSR count). The lowest BCUT2D eigenvalue weighted by molar-refractivity contribution is -0.160. The van der Waals surface area contributed by atoms with E-state index in [0.29, 0.717) is 12.3 Å². The lowest BCUT2D eigenvalue weighted by Gasteiger charge is -2.33. The molecule has 24 heavy (non-hydrogen) atoms. The van der Waals surface area contributed by atoms with Crippen molar-refractivity contribution in [3.63, 3.8) is 0 Å². The Hall–Kier alpha value is -0.590. The molecule has 0 heterocycles. The quantitative estimate of drug-likeness (QED) is 0.355. The van der Waals surface area contributed by atoms with E-state index in [1.807, 2.05) is 11.0 Å². The van der Waals surface area contributed by atoms with Crippen molar-refractivity contribution in [2.24, 2.45) is 23.0 Å². The van der Waals surface area contributed by atoms with Gasteiger partial charge in [-0.2, -0.15) is 0 Å². The van der Waals surface area contributed by atoms with Crippen LogP contribution in [0.25, 0.3) is 0 Å². The molecule has 3 atom stereocenters. The van der Waals surface area contributed by atoms with Crippen LogP contribution >= 0.6 is 22.6 Å². The molecule has 5 heteroatoms. The van der Waals surface area contributed by atoms with E-state index in [2.05, 4.69) is 56.4 Å². The topological polar surface area (TPSA) is 69.4 Å². The third-order valence-electron chi connectivity index (χ3n) is 4.22. The minimum atomic E-state index is -0.254. The molecular weight excluding hydrogens is 417 g/mol. The van der Waals surface area contributed by atoms with Crippen LogP contribution in [0.15, 0.2) is 10.2 Å². The molecule has 0 unspecified atom stereocenters. The molecular formula is C19H34INO3. The standard InChI is InChI=1S/C19H34INO3/c1-14(9-8-11-17(21)22)13-16(19(3,4)5)24-18(23)15(2)10-6-7-12-20/h7,12,14-16H,6,8-11,13H2,1-5H3,(H2,21,22)/b12-7+/t14-,15+,16+/m1/s1. The Balaban J connectivity index is 4.56. The van der Waals surface area contributed by atoms with Crippen molar-refractivity contribution in [2.45, 2.75) is 79.2 Å². The molecule has 0 aromatic heterocycles. The second-order valence-electron chi connectivity index (χ2n) is 7.83. The van der Waals surface area contributed by atoms with Crippen molar-refractivity contribution < 1.29 is 14.3 Å². The number of carbonyl (C=O) groups is 2. The van der Waals surface area contributed by atoms with Crippen LogP contribution in [0.4, 0.5) is 0 Å². The molecule has 0 aliphatic carbocycles. The molecule has 140 valence electrons. The molecule has 0 radical (unpaired) electrons. The van der Waals surface area contributed by atoms with Gasteiger partial charge >= 0.3 is 5.97 Å². The van der Waals surface area contributed by atoms with Crippen LogP contribution < -0.4 is 5.73 Å². The zero-order valence-electron chi connectivity index (χ0n) is 15.8. The number of primary amides is 1. The first-order valence-electron chi connectivity index (χ1n) is 8.82. The Morgan fingerprint density at radius 2 is 1.83 bits per heavy atom. The van der Waals surface area contributed by atoms with Gasteiger partial charge in [0, 0.05) is 6.42 Å². The number of nitrogens with two attached hydrogens (primary N) is 1. The lowest BCUT2D eigenvalue weighted by atomic mass is 9.82. The minimum Gasteiger partial charge on any atom is -0.462 e. The highest BCUT2D eigenvalue weighted by molar-refractivity contribution is 14.1. The van der Waals surface area contributed by atoms with Gasteiger partial charge in [0.15, 0.2) is 0 Å². The summed E-state index contributed by atoms with van der Waals surface area (Å²) in [5.41, 5.74) is 5.08. The lowest BCUT2D eigenvalue weighted by Crippen LogP contribution is -2.35. The molecule has 1 amide bonds. The van der Waals surface area contributed by atoms with Crippen molar-refractivity contribution in [1.29, 1.82) is 0 Å². The predicted molar refractivity (Wildman–Crippen MR) is 108 cm³/mol. The van der Waals surface area contributed by atoms with Gasteiger partial charge in [0.1, 0.15) is 6.10 Å². The number of hydrogen-bond acceptors (Lipinski definition) is 3. The first-order valence-corrected chi connectivity index (χ1v) is 10.1. The Morgan fingerprint density at radius 3 is 2.33 bits per heavy atom. The van der Waals surface area contributed by atoms with E-state index in [4.69, 9.17) is 10.5 Å². The average Bonchev–Trinajstić information content (AvgIpc) is 2.45. The number of rotatable bonds is 11. The van der Waals surface area contributed by atoms with E-state index in [1.165, 1.54) is 0 Å². The largest absolute Gasteiger partial charge is 0.462 e. The second-order valence-corrected chi connectivity index (χ2v) is 8.55. The Labute approximate surface area is 161 Å². The van der Waals surface area contributed by atoms with Crippen LogP contribution in [0.5, 0.6) is 0 Å². The first kappa shape index (κ1) is 23.4. The smallest absolute Gasteiger partial charge is 0.308 e. The fourth-order valence-corrected chi connectivity index (χ4v) is 2.83. The summed E-state index contributed by atoms with van der Waals surface area (Å²) in [4.78, 5) is 23.2. The highest BCUT2D eigenvalue weighted by atomic mass is 127. The third kappa shape index (κ3) is 11.0. The normalized spacial score (nSPS) is 15.9. The van der Waals surface area contributed by atoms with Crippen LogP contribution in [0.2, 0.25) is 0 Å². The van der Waals surface area contributed by atoms with Crippen molar-refractivity contribution in [3.05, 3.63) is 10.2 Å². The van der Waals surface area contributed by atoms with Crippen molar-refractivity contribution in [3.8, 4) is 0 Å². The number of hydrogen-bond donors (Lipinski definition) is 1. The monoisotopic (exact) mass is 451 g/mol. The fourth-order valence-electron chi connectivity index (χ4n) is 2.47. The van der Waals surface area contributed by atoms with Gasteiger partial charge in [-0.25, -0.2) is 0 Å². The molecule has 0 saturated heterocycles. The van der Waals surface area contributed by atoms with Gasteiger partial charge in [0.2, 0.25) is 5.91 Å². The summed E-state index contributed by atoms with van der Waals surface area (Å²) in [5.74, 6) is -0.0669. The van der Waals surface area contributed by atoms with Gasteiger partial charge in [0.25, 0.3) is 0 Å². The number of esters is 1. The van der Waals surface area contributed by atoms with Gasteiger partial charge in [-0.15, -0.1) is 0 Å². The molecule has 2 N–H and O–H groups in total. The summed E-state index contributed by atoms with van der Waals surface area (Å²) in [6, 6.07) is 0. The van der Waals surface area contributed by atoms with Crippen molar-refractivity contribution in [1.82, 2.24) is 0 Å². The van der Waals surface area contributed by atoms with Gasteiger partial charge < -0.3 is 10.5 Å². The number of amides is 1. The van der Waals surface area contributed by atoms with Gasteiger partial charge in [0.05, 0.1) is 5.92 Å². The van der Waals surface area contributed by atoms with E-state index >= 15 is 0 Å². The number of halogens is 1. The van der Waals surface area contributed by atoms with Gasteiger partial charge in [-0.05, 0) is 41.1 Å². The van der Waals surface area contributed by atoms with Gasteiger partial charge in [-0.3, -0.25) is 9.59 Å². The molecule has 0 aliphatic heterocycles. The zero-order chi connectivity index (χ0) is 18.8. The molecule has 4 nitrogen and oxygen atoms in total. The SMILES string of the molecule is C[C@H](CCCC(N)=O)C[C@H](OC(=O)[C@@H](C)CC/C=C/I)C(C)(C)C. The average molecular weight is 451 g/mol. The molecule has 0 fully saturated rings. The Bertz CT molecular complexity index is 415. The van der Waals surface area contributed by atoms with E-state index in [9.17, 15) is 9.59 Å². The van der Waals surface area contributed by atoms with Crippen molar-refractivity contribution >= 4 is 34.5 Å². The van der Waals surface area contributed by atoms with Crippen molar-refractivity contribution in [2.75, 3.05) is 0 Å². The zero-order valence-corrected chi connectivity index (χ0v) is 18.0.